The molecule has 0 heterocycles. The van der Waals surface area contributed by atoms with Crippen LogP contribution < -0.4 is 0 Å². The van der Waals surface area contributed by atoms with E-state index in [2.05, 4.69) is 11.6 Å². The van der Waals surface area contributed by atoms with Crippen molar-refractivity contribution in [2.45, 2.75) is 6.92 Å². The molecule has 0 saturated heterocycles. The molecule has 0 aromatic carbocycles. The van der Waals surface area contributed by atoms with Crippen molar-refractivity contribution in [3.63, 3.8) is 0 Å². The summed E-state index contributed by atoms with van der Waals surface area (Å²) in [6.07, 6.45) is 3.16. The van der Waals surface area contributed by atoms with Crippen molar-refractivity contribution >= 4 is 6.40 Å². The summed E-state index contributed by atoms with van der Waals surface area (Å²) >= 11 is 0. The third kappa shape index (κ3) is 5.21. The molecule has 0 aromatic heterocycles. The summed E-state index contributed by atoms with van der Waals surface area (Å²) in [5.74, 6) is 0. The van der Waals surface area contributed by atoms with Gasteiger partial charge in [0.05, 0.1) is 13.2 Å². The topological polar surface area (TPSA) is 21.6 Å². The van der Waals surface area contributed by atoms with Gasteiger partial charge in [-0.15, -0.1) is 6.58 Å². The molecule has 2 heteroatoms. The van der Waals surface area contributed by atoms with Crippen molar-refractivity contribution in [2.75, 3.05) is 13.2 Å². The van der Waals surface area contributed by atoms with Crippen molar-refractivity contribution in [2.24, 2.45) is 4.99 Å². The van der Waals surface area contributed by atoms with Crippen LogP contribution in [0.2, 0.25) is 0 Å². The SMILES string of the molecule is C=CCN=COCC. The fraction of sp³-hybridized carbons (Fsp3) is 0.500. The molecule has 0 amide bonds. The van der Waals surface area contributed by atoms with E-state index in [1.807, 2.05) is 6.92 Å². The maximum atomic E-state index is 4.80. The average molecular weight is 113 g/mol. The first-order valence-electron chi connectivity index (χ1n) is 2.62. The molecule has 0 fully saturated rings. The highest BCUT2D eigenvalue weighted by molar-refractivity contribution is 5.46. The number of hydrogen-bond donors (Lipinski definition) is 0. The van der Waals surface area contributed by atoms with Gasteiger partial charge in [-0.05, 0) is 6.92 Å². The van der Waals surface area contributed by atoms with E-state index in [0.717, 1.165) is 0 Å². The summed E-state index contributed by atoms with van der Waals surface area (Å²) in [7, 11) is 0. The van der Waals surface area contributed by atoms with Crippen LogP contribution >= 0.6 is 0 Å². The first-order valence-corrected chi connectivity index (χ1v) is 2.62. The van der Waals surface area contributed by atoms with Gasteiger partial charge in [0.1, 0.15) is 0 Å². The van der Waals surface area contributed by atoms with Crippen LogP contribution in [0.1, 0.15) is 6.92 Å². The number of rotatable bonds is 4. The predicted molar refractivity (Wildman–Crippen MR) is 35.2 cm³/mol. The Morgan fingerprint density at radius 2 is 2.50 bits per heavy atom. The van der Waals surface area contributed by atoms with E-state index in [4.69, 9.17) is 4.74 Å². The monoisotopic (exact) mass is 113 g/mol. The molecule has 0 radical (unpaired) electrons. The lowest BCUT2D eigenvalue weighted by Crippen LogP contribution is -1.84. The quantitative estimate of drug-likeness (QED) is 0.305. The van der Waals surface area contributed by atoms with Crippen molar-refractivity contribution in [3.8, 4) is 0 Å². The van der Waals surface area contributed by atoms with E-state index in [9.17, 15) is 0 Å². The highest BCUT2D eigenvalue weighted by Gasteiger charge is 1.67. The first-order chi connectivity index (χ1) is 3.91. The summed E-state index contributed by atoms with van der Waals surface area (Å²) in [5, 5.41) is 0. The Kier molecular flexibility index (Phi) is 5.60. The summed E-state index contributed by atoms with van der Waals surface area (Å²) in [6.45, 7) is 6.73. The summed E-state index contributed by atoms with van der Waals surface area (Å²) in [4.78, 5) is 3.81. The molecule has 8 heavy (non-hydrogen) atoms. The minimum Gasteiger partial charge on any atom is -0.484 e. The molecule has 0 N–H and O–H groups in total. The zero-order chi connectivity index (χ0) is 6.24. The van der Waals surface area contributed by atoms with Crippen LogP contribution in [0.3, 0.4) is 0 Å². The highest BCUT2D eigenvalue weighted by atomic mass is 16.5. The van der Waals surface area contributed by atoms with E-state index >= 15 is 0 Å². The predicted octanol–water partition coefficient (Wildman–Crippen LogP) is 1.24. The smallest absolute Gasteiger partial charge is 0.169 e. The van der Waals surface area contributed by atoms with Crippen LogP contribution in [0.5, 0.6) is 0 Å². The third-order valence-corrected chi connectivity index (χ3v) is 0.550. The normalized spacial score (nSPS) is 9.62. The van der Waals surface area contributed by atoms with Gasteiger partial charge in [0.2, 0.25) is 0 Å². The van der Waals surface area contributed by atoms with Crippen molar-refractivity contribution < 1.29 is 4.74 Å². The van der Waals surface area contributed by atoms with Crippen LogP contribution in [0.4, 0.5) is 0 Å². The van der Waals surface area contributed by atoms with Gasteiger partial charge in [0, 0.05) is 0 Å². The Labute approximate surface area is 49.9 Å². The first kappa shape index (κ1) is 7.21. The lowest BCUT2D eigenvalue weighted by atomic mass is 10.7. The molecule has 0 aliphatic carbocycles. The lowest BCUT2D eigenvalue weighted by Gasteiger charge is -1.88. The van der Waals surface area contributed by atoms with E-state index in [1.54, 1.807) is 6.08 Å². The average Bonchev–Trinajstić information content (AvgIpc) is 1.81. The second-order valence-corrected chi connectivity index (χ2v) is 1.21. The molecule has 0 saturated carbocycles. The molecular weight excluding hydrogens is 102 g/mol. The van der Waals surface area contributed by atoms with Crippen LogP contribution in [0, 0.1) is 0 Å². The molecule has 0 spiro atoms. The van der Waals surface area contributed by atoms with Gasteiger partial charge in [-0.3, -0.25) is 4.99 Å². The Hall–Kier alpha value is -0.790. The highest BCUT2D eigenvalue weighted by Crippen LogP contribution is 1.69. The molecule has 0 unspecified atom stereocenters. The summed E-state index contributed by atoms with van der Waals surface area (Å²) < 4.78 is 4.80. The number of aliphatic imine (C=N–C) groups is 1. The molecule has 0 aliphatic heterocycles. The Morgan fingerprint density at radius 3 is 3.00 bits per heavy atom. The van der Waals surface area contributed by atoms with Crippen LogP contribution in [0.15, 0.2) is 17.6 Å². The zero-order valence-corrected chi connectivity index (χ0v) is 5.13. The molecule has 2 nitrogen and oxygen atoms in total. The third-order valence-electron chi connectivity index (χ3n) is 0.550. The van der Waals surface area contributed by atoms with E-state index in [1.165, 1.54) is 6.40 Å². The second kappa shape index (κ2) is 6.21. The van der Waals surface area contributed by atoms with Crippen molar-refractivity contribution in [3.05, 3.63) is 12.7 Å². The molecule has 0 rings (SSSR count). The van der Waals surface area contributed by atoms with E-state index < -0.39 is 0 Å². The minimum absolute atomic E-state index is 0.639. The number of nitrogens with zero attached hydrogens (tertiary/aromatic N) is 1. The number of hydrogen-bond acceptors (Lipinski definition) is 2. The van der Waals surface area contributed by atoms with Gasteiger partial charge < -0.3 is 4.74 Å². The maximum absolute atomic E-state index is 4.80. The zero-order valence-electron chi connectivity index (χ0n) is 5.13. The summed E-state index contributed by atoms with van der Waals surface area (Å²) in [6, 6.07) is 0. The van der Waals surface area contributed by atoms with Crippen molar-refractivity contribution in [1.82, 2.24) is 0 Å². The lowest BCUT2D eigenvalue weighted by molar-refractivity contribution is 0.343. The Bertz CT molecular complexity index is 78.6. The minimum atomic E-state index is 0.639. The summed E-state index contributed by atoms with van der Waals surface area (Å²) in [5.41, 5.74) is 0. The molecule has 0 aromatic rings. The number of ether oxygens (including phenoxy) is 1. The van der Waals surface area contributed by atoms with Crippen LogP contribution in [-0.2, 0) is 4.74 Å². The molecule has 0 aliphatic rings. The van der Waals surface area contributed by atoms with Gasteiger partial charge in [0.15, 0.2) is 6.40 Å². The van der Waals surface area contributed by atoms with Crippen LogP contribution in [0.25, 0.3) is 0 Å². The maximum Gasteiger partial charge on any atom is 0.169 e. The fourth-order valence-electron chi connectivity index (χ4n) is 0.245. The van der Waals surface area contributed by atoms with Gasteiger partial charge >= 0.3 is 0 Å². The molecule has 0 bridgehead atoms. The fourth-order valence-corrected chi connectivity index (χ4v) is 0.245. The van der Waals surface area contributed by atoms with Crippen LogP contribution in [-0.4, -0.2) is 19.6 Å². The van der Waals surface area contributed by atoms with Gasteiger partial charge in [-0.1, -0.05) is 6.08 Å². The standard InChI is InChI=1S/C6H11NO/c1-3-5-7-6-8-4-2/h3,6H,1,4-5H2,2H3. The van der Waals surface area contributed by atoms with E-state index in [0.29, 0.717) is 13.2 Å². The van der Waals surface area contributed by atoms with Gasteiger partial charge in [0.25, 0.3) is 0 Å². The molecular formula is C6H11NO. The second-order valence-electron chi connectivity index (χ2n) is 1.21. The van der Waals surface area contributed by atoms with E-state index in [-0.39, 0.29) is 0 Å². The van der Waals surface area contributed by atoms with Gasteiger partial charge in [-0.2, -0.15) is 0 Å². The largest absolute Gasteiger partial charge is 0.484 e. The molecule has 0 atom stereocenters. The molecule has 46 valence electrons. The Balaban J connectivity index is 2.94. The Morgan fingerprint density at radius 1 is 1.75 bits per heavy atom. The van der Waals surface area contributed by atoms with Gasteiger partial charge in [-0.25, -0.2) is 0 Å². The van der Waals surface area contributed by atoms with Crippen molar-refractivity contribution in [1.29, 1.82) is 0 Å².